The van der Waals surface area contributed by atoms with E-state index < -0.39 is 0 Å². The van der Waals surface area contributed by atoms with Gasteiger partial charge in [0.2, 0.25) is 0 Å². The summed E-state index contributed by atoms with van der Waals surface area (Å²) in [6.45, 7) is 3.42. The first-order chi connectivity index (χ1) is 9.22. The molecule has 1 N–H and O–H groups in total. The Labute approximate surface area is 115 Å². The van der Waals surface area contributed by atoms with Gasteiger partial charge in [-0.1, -0.05) is 0 Å². The third kappa shape index (κ3) is 3.77. The first-order valence-electron chi connectivity index (χ1n) is 6.87. The normalized spacial score (nSPS) is 20.1. The molecule has 1 aliphatic rings. The topological polar surface area (TPSA) is 33.7 Å². The zero-order valence-corrected chi connectivity index (χ0v) is 12.1. The molecule has 1 saturated heterocycles. The fourth-order valence-corrected chi connectivity index (χ4v) is 2.65. The number of piperidine rings is 1. The van der Waals surface area contributed by atoms with Crippen molar-refractivity contribution in [2.24, 2.45) is 5.92 Å². The number of likely N-dealkylation sites (tertiary alicyclic amines) is 1. The van der Waals surface area contributed by atoms with E-state index >= 15 is 0 Å². The van der Waals surface area contributed by atoms with Crippen LogP contribution in [-0.2, 0) is 0 Å². The molecular formula is C15H24N2O2. The summed E-state index contributed by atoms with van der Waals surface area (Å²) in [6, 6.07) is 5.97. The summed E-state index contributed by atoms with van der Waals surface area (Å²) >= 11 is 0. The van der Waals surface area contributed by atoms with E-state index in [4.69, 9.17) is 9.47 Å². The molecule has 0 aromatic heterocycles. The maximum atomic E-state index is 5.31. The van der Waals surface area contributed by atoms with Crippen molar-refractivity contribution in [3.63, 3.8) is 0 Å². The molecule has 0 bridgehead atoms. The number of nitrogens with zero attached hydrogens (tertiary/aromatic N) is 1. The van der Waals surface area contributed by atoms with Crippen LogP contribution in [0.15, 0.2) is 18.2 Å². The molecule has 1 unspecified atom stereocenters. The molecule has 0 amide bonds. The van der Waals surface area contributed by atoms with Crippen LogP contribution in [-0.4, -0.2) is 45.8 Å². The molecule has 4 nitrogen and oxygen atoms in total. The molecule has 1 aliphatic heterocycles. The molecule has 1 heterocycles. The zero-order chi connectivity index (χ0) is 13.7. The lowest BCUT2D eigenvalue weighted by Gasteiger charge is -2.30. The van der Waals surface area contributed by atoms with Crippen LogP contribution in [0.25, 0.3) is 0 Å². The van der Waals surface area contributed by atoms with Crippen LogP contribution in [0.3, 0.4) is 0 Å². The summed E-state index contributed by atoms with van der Waals surface area (Å²) in [5.74, 6) is 2.27. The van der Waals surface area contributed by atoms with Crippen molar-refractivity contribution in [2.75, 3.05) is 46.2 Å². The second-order valence-electron chi connectivity index (χ2n) is 5.22. The van der Waals surface area contributed by atoms with Gasteiger partial charge in [-0.05, 0) is 44.5 Å². The second kappa shape index (κ2) is 6.66. The number of anilines is 1. The maximum Gasteiger partial charge on any atom is 0.162 e. The number of rotatable bonds is 5. The molecular weight excluding hydrogens is 240 g/mol. The molecule has 0 radical (unpaired) electrons. The van der Waals surface area contributed by atoms with Crippen molar-refractivity contribution >= 4 is 5.69 Å². The van der Waals surface area contributed by atoms with Crippen molar-refractivity contribution < 1.29 is 9.47 Å². The highest BCUT2D eigenvalue weighted by atomic mass is 16.5. The van der Waals surface area contributed by atoms with Crippen LogP contribution in [0.4, 0.5) is 5.69 Å². The molecule has 106 valence electrons. The average Bonchev–Trinajstić information content (AvgIpc) is 2.45. The summed E-state index contributed by atoms with van der Waals surface area (Å²) in [5.41, 5.74) is 1.09. The standard InChI is InChI=1S/C15H24N2O2/c1-17-8-4-5-12(11-17)10-16-13-6-7-14(18-2)15(9-13)19-3/h6-7,9,12,16H,4-5,8,10-11H2,1-3H3. The second-order valence-corrected chi connectivity index (χ2v) is 5.22. The predicted octanol–water partition coefficient (Wildman–Crippen LogP) is 2.46. The van der Waals surface area contributed by atoms with Gasteiger partial charge in [-0.25, -0.2) is 0 Å². The van der Waals surface area contributed by atoms with E-state index in [1.807, 2.05) is 18.2 Å². The van der Waals surface area contributed by atoms with E-state index in [-0.39, 0.29) is 0 Å². The summed E-state index contributed by atoms with van der Waals surface area (Å²) in [5, 5.41) is 3.50. The van der Waals surface area contributed by atoms with Crippen molar-refractivity contribution in [1.29, 1.82) is 0 Å². The van der Waals surface area contributed by atoms with E-state index in [2.05, 4.69) is 17.3 Å². The Bertz CT molecular complexity index is 409. The van der Waals surface area contributed by atoms with Gasteiger partial charge >= 0.3 is 0 Å². The fourth-order valence-electron chi connectivity index (χ4n) is 2.65. The largest absolute Gasteiger partial charge is 0.493 e. The molecule has 1 fully saturated rings. The molecule has 1 aromatic rings. The smallest absolute Gasteiger partial charge is 0.162 e. The highest BCUT2D eigenvalue weighted by Crippen LogP contribution is 2.30. The van der Waals surface area contributed by atoms with E-state index in [0.717, 1.165) is 29.6 Å². The van der Waals surface area contributed by atoms with Crippen LogP contribution in [0.5, 0.6) is 11.5 Å². The van der Waals surface area contributed by atoms with Crippen molar-refractivity contribution in [2.45, 2.75) is 12.8 Å². The van der Waals surface area contributed by atoms with Gasteiger partial charge < -0.3 is 19.7 Å². The minimum absolute atomic E-state index is 0.729. The monoisotopic (exact) mass is 264 g/mol. The molecule has 0 saturated carbocycles. The van der Waals surface area contributed by atoms with Gasteiger partial charge in [0.15, 0.2) is 11.5 Å². The van der Waals surface area contributed by atoms with E-state index in [1.54, 1.807) is 14.2 Å². The van der Waals surface area contributed by atoms with Crippen LogP contribution in [0.2, 0.25) is 0 Å². The average molecular weight is 264 g/mol. The molecule has 2 rings (SSSR count). The molecule has 19 heavy (non-hydrogen) atoms. The third-order valence-electron chi connectivity index (χ3n) is 3.70. The zero-order valence-electron chi connectivity index (χ0n) is 12.1. The molecule has 4 heteroatoms. The van der Waals surface area contributed by atoms with Crippen LogP contribution < -0.4 is 14.8 Å². The minimum atomic E-state index is 0.729. The SMILES string of the molecule is COc1ccc(NCC2CCCN(C)C2)cc1OC. The number of hydrogen-bond donors (Lipinski definition) is 1. The Balaban J connectivity index is 1.92. The Kier molecular flexibility index (Phi) is 4.91. The van der Waals surface area contributed by atoms with Gasteiger partial charge in [-0.2, -0.15) is 0 Å². The van der Waals surface area contributed by atoms with Gasteiger partial charge in [0, 0.05) is 24.8 Å². The van der Waals surface area contributed by atoms with Gasteiger partial charge in [-0.3, -0.25) is 0 Å². The summed E-state index contributed by atoms with van der Waals surface area (Å²) in [7, 11) is 5.52. The molecule has 0 spiro atoms. The lowest BCUT2D eigenvalue weighted by molar-refractivity contribution is 0.217. The first kappa shape index (κ1) is 14.0. The summed E-state index contributed by atoms with van der Waals surface area (Å²) < 4.78 is 10.6. The minimum Gasteiger partial charge on any atom is -0.493 e. The van der Waals surface area contributed by atoms with E-state index in [1.165, 1.54) is 25.9 Å². The number of hydrogen-bond acceptors (Lipinski definition) is 4. The molecule has 1 aromatic carbocycles. The maximum absolute atomic E-state index is 5.31. The van der Waals surface area contributed by atoms with E-state index in [9.17, 15) is 0 Å². The van der Waals surface area contributed by atoms with Gasteiger partial charge in [0.05, 0.1) is 14.2 Å². The third-order valence-corrected chi connectivity index (χ3v) is 3.70. The lowest BCUT2D eigenvalue weighted by Crippen LogP contribution is -2.35. The number of methoxy groups -OCH3 is 2. The van der Waals surface area contributed by atoms with Gasteiger partial charge in [0.25, 0.3) is 0 Å². The summed E-state index contributed by atoms with van der Waals surface area (Å²) in [4.78, 5) is 2.41. The Morgan fingerprint density at radius 1 is 1.26 bits per heavy atom. The van der Waals surface area contributed by atoms with Crippen molar-refractivity contribution in [3.05, 3.63) is 18.2 Å². The van der Waals surface area contributed by atoms with Crippen LogP contribution >= 0.6 is 0 Å². The molecule has 1 atom stereocenters. The Morgan fingerprint density at radius 2 is 2.05 bits per heavy atom. The Morgan fingerprint density at radius 3 is 2.74 bits per heavy atom. The number of nitrogens with one attached hydrogen (secondary N) is 1. The van der Waals surface area contributed by atoms with Crippen LogP contribution in [0.1, 0.15) is 12.8 Å². The van der Waals surface area contributed by atoms with Crippen molar-refractivity contribution in [3.8, 4) is 11.5 Å². The predicted molar refractivity (Wildman–Crippen MR) is 78.3 cm³/mol. The highest BCUT2D eigenvalue weighted by Gasteiger charge is 2.16. The van der Waals surface area contributed by atoms with Gasteiger partial charge in [-0.15, -0.1) is 0 Å². The first-order valence-corrected chi connectivity index (χ1v) is 6.87. The van der Waals surface area contributed by atoms with E-state index in [0.29, 0.717) is 0 Å². The molecule has 0 aliphatic carbocycles. The fraction of sp³-hybridized carbons (Fsp3) is 0.600. The van der Waals surface area contributed by atoms with Crippen molar-refractivity contribution in [1.82, 2.24) is 4.90 Å². The summed E-state index contributed by atoms with van der Waals surface area (Å²) in [6.07, 6.45) is 2.61. The lowest BCUT2D eigenvalue weighted by atomic mass is 9.98. The Hall–Kier alpha value is -1.42. The highest BCUT2D eigenvalue weighted by molar-refractivity contribution is 5.54. The number of benzene rings is 1. The quantitative estimate of drug-likeness (QED) is 0.886. The van der Waals surface area contributed by atoms with Gasteiger partial charge in [0.1, 0.15) is 0 Å². The number of ether oxygens (including phenoxy) is 2. The van der Waals surface area contributed by atoms with Crippen LogP contribution in [0, 0.1) is 5.92 Å².